The van der Waals surface area contributed by atoms with E-state index in [2.05, 4.69) is 10.9 Å². The summed E-state index contributed by atoms with van der Waals surface area (Å²) >= 11 is 0. The molecular formula is C21H26N2O5. The summed E-state index contributed by atoms with van der Waals surface area (Å²) < 4.78 is 16.3. The molecule has 28 heavy (non-hydrogen) atoms. The molecule has 0 radical (unpaired) electrons. The zero-order chi connectivity index (χ0) is 20.4. The van der Waals surface area contributed by atoms with Crippen LogP contribution in [-0.4, -0.2) is 38.2 Å². The van der Waals surface area contributed by atoms with Crippen LogP contribution in [0.1, 0.15) is 28.4 Å². The monoisotopic (exact) mass is 386 g/mol. The molecule has 2 aromatic carbocycles. The van der Waals surface area contributed by atoms with Gasteiger partial charge in [0.05, 0.1) is 12.2 Å². The van der Waals surface area contributed by atoms with Crippen molar-refractivity contribution < 1.29 is 23.8 Å². The van der Waals surface area contributed by atoms with E-state index >= 15 is 0 Å². The Bertz CT molecular complexity index is 807. The molecule has 2 amide bonds. The zero-order valence-electron chi connectivity index (χ0n) is 16.4. The molecule has 0 saturated carbocycles. The number of hydrogen-bond acceptors (Lipinski definition) is 5. The molecule has 0 heterocycles. The molecule has 0 spiro atoms. The molecule has 0 bridgehead atoms. The summed E-state index contributed by atoms with van der Waals surface area (Å²) in [4.78, 5) is 24.3. The van der Waals surface area contributed by atoms with Gasteiger partial charge in [-0.3, -0.25) is 20.4 Å². The molecule has 0 fully saturated rings. The van der Waals surface area contributed by atoms with Crippen molar-refractivity contribution in [3.8, 4) is 11.5 Å². The fraction of sp³-hybridized carbons (Fsp3) is 0.333. The SMILES string of the molecule is CCOCCOc1ccccc1C(=O)NNC(=O)COc1cccc(C)c1C. The highest BCUT2D eigenvalue weighted by Gasteiger charge is 2.13. The lowest BCUT2D eigenvalue weighted by molar-refractivity contribution is -0.123. The highest BCUT2D eigenvalue weighted by atomic mass is 16.5. The van der Waals surface area contributed by atoms with Crippen molar-refractivity contribution in [2.75, 3.05) is 26.4 Å². The van der Waals surface area contributed by atoms with Gasteiger partial charge in [-0.15, -0.1) is 0 Å². The molecule has 0 atom stereocenters. The van der Waals surface area contributed by atoms with Gasteiger partial charge in [0.25, 0.3) is 11.8 Å². The molecule has 2 aromatic rings. The van der Waals surface area contributed by atoms with Crippen molar-refractivity contribution in [2.45, 2.75) is 20.8 Å². The Hall–Kier alpha value is -3.06. The standard InChI is InChI=1S/C21H26N2O5/c1-4-26-12-13-27-19-10-6-5-9-17(19)21(25)23-22-20(24)14-28-18-11-7-8-15(2)16(18)3/h5-11H,4,12-14H2,1-3H3,(H,22,24)(H,23,25). The predicted octanol–water partition coefficient (Wildman–Crippen LogP) is 2.56. The first-order valence-electron chi connectivity index (χ1n) is 9.10. The Kier molecular flexibility index (Phi) is 8.30. The van der Waals surface area contributed by atoms with E-state index in [-0.39, 0.29) is 6.61 Å². The molecular weight excluding hydrogens is 360 g/mol. The molecule has 2 N–H and O–H groups in total. The minimum atomic E-state index is -0.480. The van der Waals surface area contributed by atoms with E-state index in [0.717, 1.165) is 11.1 Å². The smallest absolute Gasteiger partial charge is 0.276 e. The molecule has 2 rings (SSSR count). The average Bonchev–Trinajstić information content (AvgIpc) is 2.71. The number of nitrogens with one attached hydrogen (secondary N) is 2. The average molecular weight is 386 g/mol. The third-order valence-corrected chi connectivity index (χ3v) is 4.05. The number of aryl methyl sites for hydroxylation is 1. The van der Waals surface area contributed by atoms with E-state index < -0.39 is 11.8 Å². The van der Waals surface area contributed by atoms with Crippen LogP contribution in [0.4, 0.5) is 0 Å². The van der Waals surface area contributed by atoms with Crippen LogP contribution in [0.5, 0.6) is 11.5 Å². The van der Waals surface area contributed by atoms with Gasteiger partial charge in [-0.1, -0.05) is 24.3 Å². The first-order valence-corrected chi connectivity index (χ1v) is 9.10. The van der Waals surface area contributed by atoms with Crippen LogP contribution < -0.4 is 20.3 Å². The minimum Gasteiger partial charge on any atom is -0.490 e. The van der Waals surface area contributed by atoms with Gasteiger partial charge < -0.3 is 14.2 Å². The Balaban J connectivity index is 1.84. The molecule has 0 saturated heterocycles. The Labute approximate surface area is 165 Å². The molecule has 0 aliphatic rings. The maximum atomic E-state index is 12.4. The summed E-state index contributed by atoms with van der Waals surface area (Å²) in [6.07, 6.45) is 0. The van der Waals surface area contributed by atoms with Crippen LogP contribution in [0.3, 0.4) is 0 Å². The number of carbonyl (C=O) groups is 2. The van der Waals surface area contributed by atoms with Gasteiger partial charge in [0.1, 0.15) is 18.1 Å². The van der Waals surface area contributed by atoms with Gasteiger partial charge in [0, 0.05) is 6.61 Å². The second kappa shape index (κ2) is 10.9. The highest BCUT2D eigenvalue weighted by Crippen LogP contribution is 2.20. The van der Waals surface area contributed by atoms with Crippen molar-refractivity contribution in [2.24, 2.45) is 0 Å². The van der Waals surface area contributed by atoms with E-state index in [0.29, 0.717) is 36.9 Å². The van der Waals surface area contributed by atoms with Gasteiger partial charge in [-0.2, -0.15) is 0 Å². The van der Waals surface area contributed by atoms with E-state index in [1.807, 2.05) is 32.9 Å². The molecule has 0 aliphatic heterocycles. The lowest BCUT2D eigenvalue weighted by atomic mass is 10.1. The molecule has 0 aromatic heterocycles. The zero-order valence-corrected chi connectivity index (χ0v) is 16.4. The summed E-state index contributed by atoms with van der Waals surface area (Å²) in [5, 5.41) is 0. The van der Waals surface area contributed by atoms with Crippen LogP contribution in [0, 0.1) is 13.8 Å². The van der Waals surface area contributed by atoms with Crippen LogP contribution in [0.15, 0.2) is 42.5 Å². The third-order valence-electron chi connectivity index (χ3n) is 4.05. The fourth-order valence-corrected chi connectivity index (χ4v) is 2.39. The highest BCUT2D eigenvalue weighted by molar-refractivity contribution is 5.97. The van der Waals surface area contributed by atoms with E-state index in [1.165, 1.54) is 0 Å². The lowest BCUT2D eigenvalue weighted by Gasteiger charge is -2.13. The Morgan fingerprint density at radius 2 is 1.64 bits per heavy atom. The number of hydrogen-bond donors (Lipinski definition) is 2. The van der Waals surface area contributed by atoms with Gasteiger partial charge in [0.15, 0.2) is 6.61 Å². The molecule has 0 aliphatic carbocycles. The van der Waals surface area contributed by atoms with E-state index in [9.17, 15) is 9.59 Å². The van der Waals surface area contributed by atoms with Crippen molar-refractivity contribution in [3.63, 3.8) is 0 Å². The molecule has 150 valence electrons. The second-order valence-electron chi connectivity index (χ2n) is 6.03. The van der Waals surface area contributed by atoms with Gasteiger partial charge >= 0.3 is 0 Å². The number of ether oxygens (including phenoxy) is 3. The first kappa shape index (κ1) is 21.2. The third kappa shape index (κ3) is 6.28. The summed E-state index contributed by atoms with van der Waals surface area (Å²) in [5.41, 5.74) is 7.08. The number of para-hydroxylation sites is 1. The summed E-state index contributed by atoms with van der Waals surface area (Å²) in [6, 6.07) is 12.4. The number of rotatable bonds is 9. The van der Waals surface area contributed by atoms with Crippen LogP contribution in [0.2, 0.25) is 0 Å². The quantitative estimate of drug-likeness (QED) is 0.511. The summed E-state index contributed by atoms with van der Waals surface area (Å²) in [6.45, 7) is 6.93. The van der Waals surface area contributed by atoms with Gasteiger partial charge in [-0.05, 0) is 50.1 Å². The van der Waals surface area contributed by atoms with Gasteiger partial charge in [-0.25, -0.2) is 0 Å². The predicted molar refractivity (Wildman–Crippen MR) is 105 cm³/mol. The maximum absolute atomic E-state index is 12.4. The van der Waals surface area contributed by atoms with Crippen LogP contribution in [-0.2, 0) is 9.53 Å². The van der Waals surface area contributed by atoms with Gasteiger partial charge in [0.2, 0.25) is 0 Å². The minimum absolute atomic E-state index is 0.211. The molecule has 7 nitrogen and oxygen atoms in total. The second-order valence-corrected chi connectivity index (χ2v) is 6.03. The molecule has 0 unspecified atom stereocenters. The topological polar surface area (TPSA) is 85.9 Å². The van der Waals surface area contributed by atoms with Crippen molar-refractivity contribution in [1.82, 2.24) is 10.9 Å². The van der Waals surface area contributed by atoms with Crippen molar-refractivity contribution >= 4 is 11.8 Å². The number of amides is 2. The number of hydrazine groups is 1. The van der Waals surface area contributed by atoms with E-state index in [4.69, 9.17) is 14.2 Å². The number of benzene rings is 2. The van der Waals surface area contributed by atoms with Crippen molar-refractivity contribution in [3.05, 3.63) is 59.2 Å². The summed E-state index contributed by atoms with van der Waals surface area (Å²) in [7, 11) is 0. The lowest BCUT2D eigenvalue weighted by Crippen LogP contribution is -2.44. The molecule has 7 heteroatoms. The van der Waals surface area contributed by atoms with E-state index in [1.54, 1.807) is 30.3 Å². The van der Waals surface area contributed by atoms with Crippen LogP contribution >= 0.6 is 0 Å². The number of carbonyl (C=O) groups excluding carboxylic acids is 2. The van der Waals surface area contributed by atoms with Crippen LogP contribution in [0.25, 0.3) is 0 Å². The first-order chi connectivity index (χ1) is 13.5. The normalized spacial score (nSPS) is 10.2. The largest absolute Gasteiger partial charge is 0.490 e. The fourth-order valence-electron chi connectivity index (χ4n) is 2.39. The Morgan fingerprint density at radius 1 is 0.893 bits per heavy atom. The maximum Gasteiger partial charge on any atom is 0.276 e. The van der Waals surface area contributed by atoms with Crippen molar-refractivity contribution in [1.29, 1.82) is 0 Å². The Morgan fingerprint density at radius 3 is 2.43 bits per heavy atom. The summed E-state index contributed by atoms with van der Waals surface area (Å²) in [5.74, 6) is 0.103.